The number of hydrogen-bond donors (Lipinski definition) is 1. The summed E-state index contributed by atoms with van der Waals surface area (Å²) in [5.41, 5.74) is 0.988. The number of amides is 1. The van der Waals surface area contributed by atoms with Crippen molar-refractivity contribution in [3.63, 3.8) is 0 Å². The number of aromatic amines is 1. The Morgan fingerprint density at radius 3 is 2.82 bits per heavy atom. The number of fused-ring (bicyclic) bond motifs is 1. The van der Waals surface area contributed by atoms with E-state index in [1.165, 1.54) is 9.47 Å². The van der Waals surface area contributed by atoms with Crippen molar-refractivity contribution in [3.05, 3.63) is 34.7 Å². The third-order valence-electron chi connectivity index (χ3n) is 4.12. The number of nitrogens with zero attached hydrogens (tertiary/aromatic N) is 2. The number of benzene rings is 1. The number of carbonyl (C=O) groups excluding carboxylic acids is 1. The van der Waals surface area contributed by atoms with Crippen LogP contribution in [0, 0.1) is 0 Å². The molecule has 0 saturated carbocycles. The average Bonchev–Trinajstić information content (AvgIpc) is 2.98. The SMILES string of the molecule is CN(C(=O)Cn1c(=O)[nH]c2ccccc21)C1CCS(=O)(=O)C1. The van der Waals surface area contributed by atoms with Gasteiger partial charge in [0.1, 0.15) is 6.54 Å². The second-order valence-corrected chi connectivity index (χ2v) is 7.82. The minimum absolute atomic E-state index is 0.00196. The van der Waals surface area contributed by atoms with Gasteiger partial charge in [0.15, 0.2) is 9.84 Å². The molecule has 22 heavy (non-hydrogen) atoms. The lowest BCUT2D eigenvalue weighted by atomic mass is 10.2. The van der Waals surface area contributed by atoms with Crippen LogP contribution in [0.15, 0.2) is 29.1 Å². The molecule has 1 aromatic heterocycles. The van der Waals surface area contributed by atoms with E-state index in [9.17, 15) is 18.0 Å². The molecule has 0 radical (unpaired) electrons. The molecule has 0 spiro atoms. The van der Waals surface area contributed by atoms with Crippen LogP contribution in [0.25, 0.3) is 11.0 Å². The molecule has 1 fully saturated rings. The topological polar surface area (TPSA) is 92.2 Å². The largest absolute Gasteiger partial charge is 0.340 e. The fourth-order valence-electron chi connectivity index (χ4n) is 2.80. The zero-order valence-electron chi connectivity index (χ0n) is 12.2. The van der Waals surface area contributed by atoms with Crippen LogP contribution in [0.4, 0.5) is 0 Å². The van der Waals surface area contributed by atoms with Gasteiger partial charge in [0.05, 0.1) is 22.5 Å². The van der Waals surface area contributed by atoms with Gasteiger partial charge in [-0.15, -0.1) is 0 Å². The second kappa shape index (κ2) is 5.28. The van der Waals surface area contributed by atoms with Crippen LogP contribution in [0.1, 0.15) is 6.42 Å². The number of H-pyrrole nitrogens is 1. The minimum Gasteiger partial charge on any atom is -0.340 e. The smallest absolute Gasteiger partial charge is 0.326 e. The maximum atomic E-state index is 12.4. The minimum atomic E-state index is -3.05. The van der Waals surface area contributed by atoms with Gasteiger partial charge < -0.3 is 9.88 Å². The van der Waals surface area contributed by atoms with Gasteiger partial charge in [0.25, 0.3) is 0 Å². The van der Waals surface area contributed by atoms with Gasteiger partial charge in [0.2, 0.25) is 5.91 Å². The molecule has 0 aliphatic carbocycles. The number of aromatic nitrogens is 2. The van der Waals surface area contributed by atoms with E-state index in [0.29, 0.717) is 17.5 Å². The molecule has 8 heteroatoms. The van der Waals surface area contributed by atoms with Crippen LogP contribution in [0.2, 0.25) is 0 Å². The maximum absolute atomic E-state index is 12.4. The van der Waals surface area contributed by atoms with E-state index in [1.54, 1.807) is 31.3 Å². The van der Waals surface area contributed by atoms with E-state index < -0.39 is 9.84 Å². The normalized spacial score (nSPS) is 20.3. The van der Waals surface area contributed by atoms with E-state index in [1.807, 2.05) is 0 Å². The summed E-state index contributed by atoms with van der Waals surface area (Å²) in [5.74, 6) is -0.158. The molecule has 1 saturated heterocycles. The number of nitrogens with one attached hydrogen (secondary N) is 1. The molecule has 118 valence electrons. The number of rotatable bonds is 3. The van der Waals surface area contributed by atoms with Crippen molar-refractivity contribution in [1.82, 2.24) is 14.5 Å². The maximum Gasteiger partial charge on any atom is 0.326 e. The number of imidazole rings is 1. The lowest BCUT2D eigenvalue weighted by Crippen LogP contribution is -2.40. The highest BCUT2D eigenvalue weighted by Gasteiger charge is 2.32. The van der Waals surface area contributed by atoms with Crippen molar-refractivity contribution >= 4 is 26.8 Å². The van der Waals surface area contributed by atoms with Crippen molar-refractivity contribution in [1.29, 1.82) is 0 Å². The summed E-state index contributed by atoms with van der Waals surface area (Å²) in [5, 5.41) is 0. The third kappa shape index (κ3) is 2.66. The Balaban J connectivity index is 1.81. The molecule has 3 rings (SSSR count). The Morgan fingerprint density at radius 1 is 1.41 bits per heavy atom. The molecule has 0 bridgehead atoms. The Kier molecular flexibility index (Phi) is 3.56. The van der Waals surface area contributed by atoms with Crippen LogP contribution < -0.4 is 5.69 Å². The summed E-state index contributed by atoms with van der Waals surface area (Å²) in [4.78, 5) is 28.5. The first kappa shape index (κ1) is 14.8. The van der Waals surface area contributed by atoms with Crippen molar-refractivity contribution in [2.75, 3.05) is 18.6 Å². The summed E-state index contributed by atoms with van der Waals surface area (Å²) in [7, 11) is -1.46. The van der Waals surface area contributed by atoms with Gasteiger partial charge in [-0.2, -0.15) is 0 Å². The molecule has 7 nitrogen and oxygen atoms in total. The molecule has 1 aliphatic heterocycles. The molecule has 2 aromatic rings. The van der Waals surface area contributed by atoms with Crippen LogP contribution >= 0.6 is 0 Å². The summed E-state index contributed by atoms with van der Waals surface area (Å²) < 4.78 is 24.4. The van der Waals surface area contributed by atoms with Gasteiger partial charge in [-0.1, -0.05) is 12.1 Å². The molecular weight excluding hydrogens is 306 g/mol. The predicted octanol–water partition coefficient (Wildman–Crippen LogP) is -0.0249. The van der Waals surface area contributed by atoms with Gasteiger partial charge in [-0.05, 0) is 18.6 Å². The molecule has 1 aliphatic rings. The Bertz CT molecular complexity index is 881. The molecule has 2 heterocycles. The number of hydrogen-bond acceptors (Lipinski definition) is 4. The van der Waals surface area contributed by atoms with Crippen molar-refractivity contribution in [2.24, 2.45) is 0 Å². The van der Waals surface area contributed by atoms with Crippen molar-refractivity contribution in [3.8, 4) is 0 Å². The lowest BCUT2D eigenvalue weighted by molar-refractivity contribution is -0.132. The highest BCUT2D eigenvalue weighted by atomic mass is 32.2. The molecule has 1 N–H and O–H groups in total. The molecular formula is C14H17N3O4S. The summed E-state index contributed by atoms with van der Waals surface area (Å²) in [6.07, 6.45) is 0.452. The first-order chi connectivity index (χ1) is 10.4. The number of sulfone groups is 1. The predicted molar refractivity (Wildman–Crippen MR) is 82.4 cm³/mol. The van der Waals surface area contributed by atoms with Crippen molar-refractivity contribution in [2.45, 2.75) is 19.0 Å². The fourth-order valence-corrected chi connectivity index (χ4v) is 4.57. The number of likely N-dealkylation sites (N-methyl/N-ethyl adjacent to an activating group) is 1. The molecule has 1 aromatic carbocycles. The molecule has 1 atom stereocenters. The van der Waals surface area contributed by atoms with E-state index >= 15 is 0 Å². The third-order valence-corrected chi connectivity index (χ3v) is 5.87. The van der Waals surface area contributed by atoms with Crippen LogP contribution in [0.5, 0.6) is 0 Å². The quantitative estimate of drug-likeness (QED) is 0.859. The number of para-hydroxylation sites is 2. The van der Waals surface area contributed by atoms with Crippen LogP contribution in [-0.2, 0) is 21.2 Å². The standard InChI is InChI=1S/C14H17N3O4S/c1-16(10-6-7-22(20,21)9-10)13(18)8-17-12-5-3-2-4-11(12)15-14(17)19/h2-5,10H,6-9H2,1H3,(H,15,19). The average molecular weight is 323 g/mol. The second-order valence-electron chi connectivity index (χ2n) is 5.59. The Morgan fingerprint density at radius 2 is 2.14 bits per heavy atom. The monoisotopic (exact) mass is 323 g/mol. The highest BCUT2D eigenvalue weighted by molar-refractivity contribution is 7.91. The Hall–Kier alpha value is -2.09. The first-order valence-electron chi connectivity index (χ1n) is 7.01. The zero-order chi connectivity index (χ0) is 15.9. The van der Waals surface area contributed by atoms with E-state index in [4.69, 9.17) is 0 Å². The molecule has 1 amide bonds. The van der Waals surface area contributed by atoms with Crippen LogP contribution in [-0.4, -0.2) is 53.4 Å². The van der Waals surface area contributed by atoms with E-state index in [0.717, 1.165) is 0 Å². The summed E-state index contributed by atoms with van der Waals surface area (Å²) in [6.45, 7) is -0.101. The summed E-state index contributed by atoms with van der Waals surface area (Å²) >= 11 is 0. The summed E-state index contributed by atoms with van der Waals surface area (Å²) in [6, 6.07) is 6.83. The lowest BCUT2D eigenvalue weighted by Gasteiger charge is -2.23. The molecule has 1 unspecified atom stereocenters. The van der Waals surface area contributed by atoms with E-state index in [2.05, 4.69) is 4.98 Å². The van der Waals surface area contributed by atoms with Crippen LogP contribution in [0.3, 0.4) is 0 Å². The van der Waals surface area contributed by atoms with Crippen molar-refractivity contribution < 1.29 is 13.2 Å². The van der Waals surface area contributed by atoms with E-state index in [-0.39, 0.29) is 35.7 Å². The highest BCUT2D eigenvalue weighted by Crippen LogP contribution is 2.17. The van der Waals surface area contributed by atoms with Gasteiger partial charge in [0, 0.05) is 13.1 Å². The number of carbonyl (C=O) groups is 1. The van der Waals surface area contributed by atoms with Gasteiger partial charge >= 0.3 is 5.69 Å². The zero-order valence-corrected chi connectivity index (χ0v) is 13.0. The fraction of sp³-hybridized carbons (Fsp3) is 0.429. The first-order valence-corrected chi connectivity index (χ1v) is 8.83. The van der Waals surface area contributed by atoms with Gasteiger partial charge in [-0.25, -0.2) is 13.2 Å². The Labute approximate surface area is 127 Å². The van der Waals surface area contributed by atoms with Gasteiger partial charge in [-0.3, -0.25) is 9.36 Å².